The lowest BCUT2D eigenvalue weighted by atomic mass is 9.87. The molecule has 0 aliphatic carbocycles. The van der Waals surface area contributed by atoms with E-state index in [0.29, 0.717) is 15.6 Å². The molecule has 0 bridgehead atoms. The molecule has 0 amide bonds. The van der Waals surface area contributed by atoms with Crippen LogP contribution in [0.3, 0.4) is 0 Å². The Morgan fingerprint density at radius 1 is 1.10 bits per heavy atom. The Labute approximate surface area is 182 Å². The molecule has 0 aliphatic heterocycles. The Morgan fingerprint density at radius 3 is 2.30 bits per heavy atom. The summed E-state index contributed by atoms with van der Waals surface area (Å²) >= 11 is 3.33. The fourth-order valence-corrected chi connectivity index (χ4v) is 3.71. The van der Waals surface area contributed by atoms with Gasteiger partial charge in [0.2, 0.25) is 12.6 Å². The summed E-state index contributed by atoms with van der Waals surface area (Å²) in [5, 5.41) is 23.3. The number of esters is 1. The molecule has 0 N–H and O–H groups in total. The first kappa shape index (κ1) is 23.2. The average Bonchev–Trinajstić information content (AvgIpc) is 2.70. The lowest BCUT2D eigenvalue weighted by Crippen LogP contribution is -2.34. The van der Waals surface area contributed by atoms with Crippen molar-refractivity contribution in [2.45, 2.75) is 25.3 Å². The minimum absolute atomic E-state index is 0.0881. The number of rotatable bonds is 10. The highest BCUT2D eigenvalue weighted by Gasteiger charge is 2.39. The van der Waals surface area contributed by atoms with Crippen LogP contribution < -0.4 is 0 Å². The van der Waals surface area contributed by atoms with Gasteiger partial charge >= 0.3 is 5.97 Å². The fraction of sp³-hybridized carbons (Fsp3) is 0.286. The second-order valence-electron chi connectivity index (χ2n) is 6.50. The van der Waals surface area contributed by atoms with E-state index in [1.54, 1.807) is 61.5 Å². The molecule has 2 aromatic rings. The zero-order valence-electron chi connectivity index (χ0n) is 16.3. The molecule has 2 aromatic carbocycles. The topological polar surface area (TPSA) is 113 Å². The third-order valence-corrected chi connectivity index (χ3v) is 5.22. The van der Waals surface area contributed by atoms with E-state index in [0.717, 1.165) is 0 Å². The van der Waals surface area contributed by atoms with Gasteiger partial charge in [0, 0.05) is 26.3 Å². The van der Waals surface area contributed by atoms with Gasteiger partial charge in [-0.3, -0.25) is 20.2 Å². The zero-order chi connectivity index (χ0) is 22.1. The van der Waals surface area contributed by atoms with Crippen molar-refractivity contribution in [3.8, 4) is 0 Å². The maximum Gasteiger partial charge on any atom is 0.334 e. The summed E-state index contributed by atoms with van der Waals surface area (Å²) in [4.78, 5) is 34.6. The lowest BCUT2D eigenvalue weighted by Gasteiger charge is -2.20. The van der Waals surface area contributed by atoms with Crippen LogP contribution in [-0.4, -0.2) is 35.0 Å². The number of hydrogen-bond donors (Lipinski definition) is 0. The summed E-state index contributed by atoms with van der Waals surface area (Å²) in [7, 11) is 0. The van der Waals surface area contributed by atoms with E-state index < -0.39 is 34.3 Å². The van der Waals surface area contributed by atoms with Gasteiger partial charge in [-0.25, -0.2) is 4.79 Å². The molecule has 0 aliphatic rings. The van der Waals surface area contributed by atoms with Crippen LogP contribution in [0.4, 0.5) is 0 Å². The maximum atomic E-state index is 12.5. The molecular formula is C21H21BrN2O6. The summed E-state index contributed by atoms with van der Waals surface area (Å²) < 4.78 is 5.61. The number of nitrogens with zero attached hydrogens (tertiary/aromatic N) is 2. The first-order valence-corrected chi connectivity index (χ1v) is 10.0. The quantitative estimate of drug-likeness (QED) is 0.216. The number of carbonyl (C=O) groups excluding carboxylic acids is 1. The molecule has 0 spiro atoms. The van der Waals surface area contributed by atoms with Crippen molar-refractivity contribution >= 4 is 28.0 Å². The van der Waals surface area contributed by atoms with Crippen molar-refractivity contribution < 1.29 is 19.4 Å². The van der Waals surface area contributed by atoms with Gasteiger partial charge in [0.05, 0.1) is 6.61 Å². The van der Waals surface area contributed by atoms with E-state index in [4.69, 9.17) is 4.74 Å². The number of benzene rings is 2. The molecule has 0 heterocycles. The Kier molecular flexibility index (Phi) is 8.67. The highest BCUT2D eigenvalue weighted by atomic mass is 79.9. The minimum Gasteiger partial charge on any atom is -0.463 e. The van der Waals surface area contributed by atoms with E-state index in [-0.39, 0.29) is 18.6 Å². The summed E-state index contributed by atoms with van der Waals surface area (Å²) in [6.45, 7) is 1.10. The van der Waals surface area contributed by atoms with E-state index >= 15 is 0 Å². The van der Waals surface area contributed by atoms with Crippen molar-refractivity contribution in [2.24, 2.45) is 0 Å². The number of nitro groups is 2. The molecule has 2 rings (SSSR count). The largest absolute Gasteiger partial charge is 0.463 e. The standard InChI is InChI=1S/C21H21BrN2O6/c1-2-30-21(25)16(12-15-8-4-3-5-9-15)13-20(24(28)29)18(14-23(26)27)17-10-6-7-11-19(17)22/h3-12,18,20H,2,13-14H2,1H3/b16-12+/t18-,20-/m0/s1. The minimum atomic E-state index is -1.39. The van der Waals surface area contributed by atoms with Gasteiger partial charge in [0.15, 0.2) is 0 Å². The fourth-order valence-electron chi connectivity index (χ4n) is 3.13. The number of halogens is 1. The van der Waals surface area contributed by atoms with Gasteiger partial charge in [-0.15, -0.1) is 0 Å². The van der Waals surface area contributed by atoms with Gasteiger partial charge in [-0.2, -0.15) is 0 Å². The van der Waals surface area contributed by atoms with Crippen molar-refractivity contribution in [3.63, 3.8) is 0 Å². The second kappa shape index (κ2) is 11.2. The van der Waals surface area contributed by atoms with E-state index in [9.17, 15) is 25.0 Å². The van der Waals surface area contributed by atoms with Crippen molar-refractivity contribution in [1.29, 1.82) is 0 Å². The Hall–Kier alpha value is -3.07. The predicted octanol–water partition coefficient (Wildman–Crippen LogP) is 4.49. The molecular weight excluding hydrogens is 456 g/mol. The smallest absolute Gasteiger partial charge is 0.334 e. The molecule has 0 radical (unpaired) electrons. The molecule has 2 atom stereocenters. The Morgan fingerprint density at radius 2 is 1.73 bits per heavy atom. The number of hydrogen-bond acceptors (Lipinski definition) is 6. The lowest BCUT2D eigenvalue weighted by molar-refractivity contribution is -0.546. The van der Waals surface area contributed by atoms with Crippen LogP contribution in [0.2, 0.25) is 0 Å². The highest BCUT2D eigenvalue weighted by Crippen LogP contribution is 2.32. The molecule has 0 unspecified atom stereocenters. The van der Waals surface area contributed by atoms with Crippen molar-refractivity contribution in [2.75, 3.05) is 13.2 Å². The van der Waals surface area contributed by atoms with Gasteiger partial charge in [0.25, 0.3) is 0 Å². The van der Waals surface area contributed by atoms with Gasteiger partial charge < -0.3 is 4.74 Å². The van der Waals surface area contributed by atoms with E-state index in [1.807, 2.05) is 0 Å². The maximum absolute atomic E-state index is 12.5. The summed E-state index contributed by atoms with van der Waals surface area (Å²) in [6.07, 6.45) is 1.22. The third-order valence-electron chi connectivity index (χ3n) is 4.49. The van der Waals surface area contributed by atoms with Crippen LogP contribution in [0.15, 0.2) is 64.6 Å². The average molecular weight is 477 g/mol. The molecule has 8 nitrogen and oxygen atoms in total. The molecule has 0 aromatic heterocycles. The van der Waals surface area contributed by atoms with E-state index in [1.165, 1.54) is 6.08 Å². The monoisotopic (exact) mass is 476 g/mol. The van der Waals surface area contributed by atoms with Gasteiger partial charge in [0.1, 0.15) is 5.92 Å². The first-order chi connectivity index (χ1) is 14.3. The Balaban J connectivity index is 2.49. The number of carbonyl (C=O) groups is 1. The van der Waals surface area contributed by atoms with E-state index in [2.05, 4.69) is 15.9 Å². The highest BCUT2D eigenvalue weighted by molar-refractivity contribution is 9.10. The molecule has 30 heavy (non-hydrogen) atoms. The van der Waals surface area contributed by atoms with Crippen molar-refractivity contribution in [1.82, 2.24) is 0 Å². The first-order valence-electron chi connectivity index (χ1n) is 9.26. The summed E-state index contributed by atoms with van der Waals surface area (Å²) in [5.74, 6) is -1.72. The molecule has 158 valence electrons. The molecule has 0 saturated heterocycles. The second-order valence-corrected chi connectivity index (χ2v) is 7.36. The molecule has 9 heteroatoms. The van der Waals surface area contributed by atoms with Crippen LogP contribution in [0.1, 0.15) is 30.4 Å². The van der Waals surface area contributed by atoms with Gasteiger partial charge in [-0.05, 0) is 30.2 Å². The van der Waals surface area contributed by atoms with Crippen LogP contribution in [0, 0.1) is 20.2 Å². The predicted molar refractivity (Wildman–Crippen MR) is 115 cm³/mol. The van der Waals surface area contributed by atoms with Crippen LogP contribution in [0.25, 0.3) is 6.08 Å². The van der Waals surface area contributed by atoms with Crippen molar-refractivity contribution in [3.05, 3.63) is 96.0 Å². The van der Waals surface area contributed by atoms with Gasteiger partial charge in [-0.1, -0.05) is 64.5 Å². The SMILES string of the molecule is CCOC(=O)/C(=C/c1ccccc1)C[C@@H]([C@@H](C[N+](=O)[O-])c1ccccc1Br)[N+](=O)[O-]. The van der Waals surface area contributed by atoms with Crippen LogP contribution in [-0.2, 0) is 9.53 Å². The third kappa shape index (κ3) is 6.48. The summed E-state index contributed by atoms with van der Waals surface area (Å²) in [6, 6.07) is 14.1. The molecule has 0 fully saturated rings. The van der Waals surface area contributed by atoms with Crippen LogP contribution >= 0.6 is 15.9 Å². The summed E-state index contributed by atoms with van der Waals surface area (Å²) in [5.41, 5.74) is 1.21. The molecule has 0 saturated carbocycles. The normalized spacial score (nSPS) is 13.3. The zero-order valence-corrected chi connectivity index (χ0v) is 17.9. The number of ether oxygens (including phenoxy) is 1. The van der Waals surface area contributed by atoms with Crippen LogP contribution in [0.5, 0.6) is 0 Å². The Bertz CT molecular complexity index is 932.